The number of para-hydroxylation sites is 2. The first-order chi connectivity index (χ1) is 16.9. The number of nitrogens with zero attached hydrogens (tertiary/aromatic N) is 3. The summed E-state index contributed by atoms with van der Waals surface area (Å²) in [5, 5.41) is 18.7. The monoisotopic (exact) mass is 498 g/mol. The summed E-state index contributed by atoms with van der Waals surface area (Å²) in [4.78, 5) is 37.6. The Morgan fingerprint density at radius 3 is 2.80 bits per heavy atom. The summed E-state index contributed by atoms with van der Waals surface area (Å²) >= 11 is 1.41. The molecule has 0 radical (unpaired) electrons. The smallest absolute Gasteiger partial charge is 0.341 e. The highest BCUT2D eigenvalue weighted by atomic mass is 32.1. The Kier molecular flexibility index (Phi) is 7.45. The molecule has 11 heteroatoms. The number of esters is 1. The molecule has 1 aromatic carbocycles. The van der Waals surface area contributed by atoms with Gasteiger partial charge in [0, 0.05) is 17.1 Å². The summed E-state index contributed by atoms with van der Waals surface area (Å²) in [7, 11) is 0. The van der Waals surface area contributed by atoms with E-state index in [2.05, 4.69) is 10.4 Å². The van der Waals surface area contributed by atoms with Crippen LogP contribution in [0.1, 0.15) is 64.4 Å². The lowest BCUT2D eigenvalue weighted by atomic mass is 9.95. The number of carbonyl (C=O) groups is 2. The number of hydrogen-bond acceptors (Lipinski definition) is 8. The van der Waals surface area contributed by atoms with Gasteiger partial charge >= 0.3 is 11.7 Å². The van der Waals surface area contributed by atoms with Gasteiger partial charge in [-0.1, -0.05) is 19.1 Å². The molecule has 2 aromatic heterocycles. The number of amides is 1. The normalized spacial score (nSPS) is 13.5. The summed E-state index contributed by atoms with van der Waals surface area (Å²) in [6.07, 6.45) is 5.71. The molecule has 3 aromatic rings. The molecule has 1 aliphatic rings. The molecule has 1 N–H and O–H groups in total. The minimum atomic E-state index is -0.526. The number of aromatic nitrogens is 2. The molecule has 1 amide bonds. The molecule has 1 atom stereocenters. The van der Waals surface area contributed by atoms with Crippen LogP contribution in [0.4, 0.5) is 10.7 Å². The first-order valence-electron chi connectivity index (χ1n) is 11.4. The molecular weight excluding hydrogens is 472 g/mol. The van der Waals surface area contributed by atoms with Gasteiger partial charge in [-0.2, -0.15) is 5.10 Å². The van der Waals surface area contributed by atoms with Gasteiger partial charge in [0.25, 0.3) is 5.91 Å². The zero-order valence-corrected chi connectivity index (χ0v) is 20.3. The maximum Gasteiger partial charge on any atom is 0.341 e. The Morgan fingerprint density at radius 1 is 1.26 bits per heavy atom. The summed E-state index contributed by atoms with van der Waals surface area (Å²) in [5.74, 6) is -0.782. The van der Waals surface area contributed by atoms with E-state index in [4.69, 9.17) is 9.47 Å². The summed E-state index contributed by atoms with van der Waals surface area (Å²) in [5.41, 5.74) is 1.38. The molecule has 0 saturated heterocycles. The number of nitrogens with one attached hydrogen (secondary N) is 1. The first-order valence-corrected chi connectivity index (χ1v) is 12.3. The Bertz CT molecular complexity index is 1250. The van der Waals surface area contributed by atoms with Crippen molar-refractivity contribution in [3.05, 3.63) is 68.3 Å². The molecule has 0 saturated carbocycles. The van der Waals surface area contributed by atoms with Crippen LogP contribution in [0.5, 0.6) is 5.75 Å². The number of aryl methyl sites for hydroxylation is 1. The number of thiophene rings is 1. The van der Waals surface area contributed by atoms with Gasteiger partial charge in [0.1, 0.15) is 5.00 Å². The third kappa shape index (κ3) is 5.51. The van der Waals surface area contributed by atoms with Crippen molar-refractivity contribution >= 4 is 33.9 Å². The van der Waals surface area contributed by atoms with Crippen molar-refractivity contribution in [3.63, 3.8) is 0 Å². The predicted octanol–water partition coefficient (Wildman–Crippen LogP) is 4.98. The topological polar surface area (TPSA) is 126 Å². The Balaban J connectivity index is 1.48. The van der Waals surface area contributed by atoms with Crippen molar-refractivity contribution < 1.29 is 24.0 Å². The minimum absolute atomic E-state index is 0.104. The highest BCUT2D eigenvalue weighted by Gasteiger charge is 2.28. The number of hydrogen-bond donors (Lipinski definition) is 1. The second kappa shape index (κ2) is 10.7. The van der Waals surface area contributed by atoms with Gasteiger partial charge in [0.05, 0.1) is 16.6 Å². The van der Waals surface area contributed by atoms with E-state index >= 15 is 0 Å². The third-order valence-corrected chi connectivity index (χ3v) is 6.98. The standard InChI is InChI=1S/C24H26N4O6S/c1-3-15(2)34-24(30)21-16-8-4-7-11-20(16)35-23(21)25-22(29)17-12-13-27(26-17)14-33-19-10-6-5-9-18(19)28(31)32/h5-6,9-10,12-13,15H,3-4,7-8,11,14H2,1-2H3,(H,25,29). The maximum atomic E-state index is 12.9. The lowest BCUT2D eigenvalue weighted by molar-refractivity contribution is -0.386. The summed E-state index contributed by atoms with van der Waals surface area (Å²) < 4.78 is 12.5. The van der Waals surface area contributed by atoms with Crippen LogP contribution in [0.25, 0.3) is 0 Å². The van der Waals surface area contributed by atoms with Gasteiger partial charge in [0.15, 0.2) is 18.2 Å². The van der Waals surface area contributed by atoms with Gasteiger partial charge in [-0.05, 0) is 56.7 Å². The van der Waals surface area contributed by atoms with Gasteiger partial charge in [-0.15, -0.1) is 11.3 Å². The molecular formula is C24H26N4O6S. The van der Waals surface area contributed by atoms with Crippen LogP contribution in [-0.4, -0.2) is 32.7 Å². The number of carbonyl (C=O) groups excluding carboxylic acids is 2. The second-order valence-corrected chi connectivity index (χ2v) is 9.34. The Labute approximate surface area is 206 Å². The molecule has 0 bridgehead atoms. The fourth-order valence-corrected chi connectivity index (χ4v) is 5.05. The van der Waals surface area contributed by atoms with Gasteiger partial charge in [-0.25, -0.2) is 9.48 Å². The van der Waals surface area contributed by atoms with Crippen molar-refractivity contribution in [1.29, 1.82) is 0 Å². The number of ether oxygens (including phenoxy) is 2. The van der Waals surface area contributed by atoms with E-state index in [-0.39, 0.29) is 30.0 Å². The van der Waals surface area contributed by atoms with E-state index in [9.17, 15) is 19.7 Å². The number of nitro benzene ring substituents is 1. The molecule has 184 valence electrons. The van der Waals surface area contributed by atoms with Crippen LogP contribution < -0.4 is 10.1 Å². The van der Waals surface area contributed by atoms with E-state index in [0.29, 0.717) is 17.0 Å². The second-order valence-electron chi connectivity index (χ2n) is 8.23. The highest BCUT2D eigenvalue weighted by Crippen LogP contribution is 2.39. The minimum Gasteiger partial charge on any atom is -0.464 e. The van der Waals surface area contributed by atoms with E-state index in [1.807, 2.05) is 13.8 Å². The molecule has 10 nitrogen and oxygen atoms in total. The zero-order chi connectivity index (χ0) is 24.9. The van der Waals surface area contributed by atoms with Crippen LogP contribution >= 0.6 is 11.3 Å². The van der Waals surface area contributed by atoms with Crippen LogP contribution in [-0.2, 0) is 24.3 Å². The molecule has 35 heavy (non-hydrogen) atoms. The van der Waals surface area contributed by atoms with Crippen LogP contribution in [0, 0.1) is 10.1 Å². The van der Waals surface area contributed by atoms with Gasteiger partial charge in [0.2, 0.25) is 0 Å². The van der Waals surface area contributed by atoms with Crippen molar-refractivity contribution in [3.8, 4) is 5.75 Å². The first kappa shape index (κ1) is 24.4. The number of fused-ring (bicyclic) bond motifs is 1. The fourth-order valence-electron chi connectivity index (χ4n) is 3.78. The number of rotatable bonds is 9. The largest absolute Gasteiger partial charge is 0.464 e. The predicted molar refractivity (Wildman–Crippen MR) is 130 cm³/mol. The average Bonchev–Trinajstić information content (AvgIpc) is 3.47. The molecule has 0 aliphatic heterocycles. The summed E-state index contributed by atoms with van der Waals surface area (Å²) in [6, 6.07) is 7.55. The maximum absolute atomic E-state index is 12.9. The molecule has 2 heterocycles. The van der Waals surface area contributed by atoms with Crippen molar-refractivity contribution in [1.82, 2.24) is 9.78 Å². The average molecular weight is 499 g/mol. The number of anilines is 1. The Hall–Kier alpha value is -3.73. The molecule has 4 rings (SSSR count). The number of nitro groups is 1. The SMILES string of the molecule is CCC(C)OC(=O)c1c(NC(=O)c2ccn(COc3ccccc3[N+](=O)[O-])n2)sc2c1CCCC2. The molecule has 0 spiro atoms. The quantitative estimate of drug-likeness (QED) is 0.251. The molecule has 1 unspecified atom stereocenters. The third-order valence-electron chi connectivity index (χ3n) is 5.77. The lowest BCUT2D eigenvalue weighted by Gasteiger charge is -2.15. The van der Waals surface area contributed by atoms with Gasteiger partial charge in [-0.3, -0.25) is 14.9 Å². The number of benzene rings is 1. The Morgan fingerprint density at radius 2 is 2.03 bits per heavy atom. The van der Waals surface area contributed by atoms with Crippen LogP contribution in [0.3, 0.4) is 0 Å². The molecule has 0 fully saturated rings. The van der Waals surface area contributed by atoms with E-state index in [1.54, 1.807) is 18.3 Å². The van der Waals surface area contributed by atoms with E-state index in [0.717, 1.165) is 36.1 Å². The van der Waals surface area contributed by atoms with Crippen molar-refractivity contribution in [2.24, 2.45) is 0 Å². The molecule has 1 aliphatic carbocycles. The van der Waals surface area contributed by atoms with Gasteiger partial charge < -0.3 is 14.8 Å². The van der Waals surface area contributed by atoms with Crippen molar-refractivity contribution in [2.75, 3.05) is 5.32 Å². The lowest BCUT2D eigenvalue weighted by Crippen LogP contribution is -2.19. The van der Waals surface area contributed by atoms with Crippen LogP contribution in [0.2, 0.25) is 0 Å². The fraction of sp³-hybridized carbons (Fsp3) is 0.375. The van der Waals surface area contributed by atoms with E-state index in [1.165, 1.54) is 34.2 Å². The summed E-state index contributed by atoms with van der Waals surface area (Å²) in [6.45, 7) is 3.67. The zero-order valence-electron chi connectivity index (χ0n) is 19.5. The van der Waals surface area contributed by atoms with Crippen molar-refractivity contribution in [2.45, 2.75) is 58.8 Å². The van der Waals surface area contributed by atoms with Crippen LogP contribution in [0.15, 0.2) is 36.5 Å². The highest BCUT2D eigenvalue weighted by molar-refractivity contribution is 7.17. The van der Waals surface area contributed by atoms with E-state index < -0.39 is 16.8 Å².